The molecule has 122 valence electrons. The Labute approximate surface area is 149 Å². The van der Waals surface area contributed by atoms with Crippen LogP contribution < -0.4 is 0 Å². The van der Waals surface area contributed by atoms with Gasteiger partial charge in [0.05, 0.1) is 11.1 Å². The molecule has 0 aliphatic rings. The maximum Gasteiger partial charge on any atom is 0.141 e. The second kappa shape index (κ2) is 5.81. The number of nitrogens with zero attached hydrogens (tertiary/aromatic N) is 2. The number of phenolic OH excluding ortho intramolecular Hbond substituents is 2. The molecule has 4 aromatic carbocycles. The first kappa shape index (κ1) is 15.5. The quantitative estimate of drug-likeness (QED) is 0.522. The van der Waals surface area contributed by atoms with Gasteiger partial charge in [0.15, 0.2) is 0 Å². The van der Waals surface area contributed by atoms with Gasteiger partial charge in [0.25, 0.3) is 0 Å². The number of nitriles is 2. The van der Waals surface area contributed by atoms with Crippen molar-refractivity contribution in [2.75, 3.05) is 0 Å². The summed E-state index contributed by atoms with van der Waals surface area (Å²) in [7, 11) is 0. The topological polar surface area (TPSA) is 88.0 Å². The van der Waals surface area contributed by atoms with Crippen molar-refractivity contribution in [2.24, 2.45) is 0 Å². The van der Waals surface area contributed by atoms with E-state index in [1.54, 1.807) is 12.1 Å². The van der Waals surface area contributed by atoms with Crippen molar-refractivity contribution >= 4 is 21.5 Å². The van der Waals surface area contributed by atoms with Crippen LogP contribution in [-0.2, 0) is 0 Å². The molecule has 0 aliphatic carbocycles. The Balaban J connectivity index is 2.29. The van der Waals surface area contributed by atoms with E-state index in [-0.39, 0.29) is 22.6 Å². The van der Waals surface area contributed by atoms with Crippen molar-refractivity contribution in [1.82, 2.24) is 0 Å². The van der Waals surface area contributed by atoms with E-state index in [9.17, 15) is 20.7 Å². The van der Waals surface area contributed by atoms with Crippen molar-refractivity contribution in [3.8, 4) is 34.8 Å². The normalized spacial score (nSPS) is 10.5. The summed E-state index contributed by atoms with van der Waals surface area (Å²) in [6.07, 6.45) is 0. The van der Waals surface area contributed by atoms with Gasteiger partial charge in [-0.3, -0.25) is 0 Å². The van der Waals surface area contributed by atoms with Gasteiger partial charge in [-0.2, -0.15) is 10.5 Å². The zero-order valence-corrected chi connectivity index (χ0v) is 13.6. The van der Waals surface area contributed by atoms with Gasteiger partial charge < -0.3 is 10.2 Å². The van der Waals surface area contributed by atoms with Crippen LogP contribution in [0.5, 0.6) is 11.5 Å². The Bertz CT molecular complexity index is 1180. The molecule has 0 atom stereocenters. The first-order chi connectivity index (χ1) is 12.7. The molecule has 0 saturated heterocycles. The van der Waals surface area contributed by atoms with E-state index in [4.69, 9.17) is 0 Å². The first-order valence-corrected chi connectivity index (χ1v) is 7.95. The predicted molar refractivity (Wildman–Crippen MR) is 99.6 cm³/mol. The van der Waals surface area contributed by atoms with E-state index in [2.05, 4.69) is 0 Å². The van der Waals surface area contributed by atoms with Crippen LogP contribution in [0.25, 0.3) is 32.7 Å². The maximum absolute atomic E-state index is 10.8. The highest BCUT2D eigenvalue weighted by Gasteiger charge is 2.21. The van der Waals surface area contributed by atoms with Crippen LogP contribution in [0.1, 0.15) is 11.1 Å². The van der Waals surface area contributed by atoms with Gasteiger partial charge >= 0.3 is 0 Å². The first-order valence-electron chi connectivity index (χ1n) is 7.95. The zero-order valence-electron chi connectivity index (χ0n) is 13.6. The number of rotatable bonds is 1. The number of hydrogen-bond acceptors (Lipinski definition) is 4. The lowest BCUT2D eigenvalue weighted by molar-refractivity contribution is 0.468. The van der Waals surface area contributed by atoms with Gasteiger partial charge in [-0.15, -0.1) is 0 Å². The monoisotopic (exact) mass is 336 g/mol. The van der Waals surface area contributed by atoms with E-state index in [1.165, 1.54) is 0 Å². The molecule has 0 spiro atoms. The molecular weight excluding hydrogens is 324 g/mol. The highest BCUT2D eigenvalue weighted by molar-refractivity contribution is 6.11. The highest BCUT2D eigenvalue weighted by Crippen LogP contribution is 2.47. The lowest BCUT2D eigenvalue weighted by Gasteiger charge is -2.16. The zero-order chi connectivity index (χ0) is 18.3. The molecule has 0 unspecified atom stereocenters. The van der Waals surface area contributed by atoms with Crippen LogP contribution in [0.4, 0.5) is 0 Å². The fraction of sp³-hybridized carbons (Fsp3) is 0. The molecule has 0 aliphatic heterocycles. The van der Waals surface area contributed by atoms with E-state index >= 15 is 0 Å². The van der Waals surface area contributed by atoms with Gasteiger partial charge in [-0.25, -0.2) is 0 Å². The summed E-state index contributed by atoms with van der Waals surface area (Å²) in [5.41, 5.74) is 0.935. The van der Waals surface area contributed by atoms with Crippen LogP contribution in [0.3, 0.4) is 0 Å². The van der Waals surface area contributed by atoms with Gasteiger partial charge in [0, 0.05) is 11.1 Å². The summed E-state index contributed by atoms with van der Waals surface area (Å²) in [5.74, 6) is -0.413. The summed E-state index contributed by atoms with van der Waals surface area (Å²) < 4.78 is 0. The van der Waals surface area contributed by atoms with Crippen molar-refractivity contribution in [3.05, 3.63) is 71.8 Å². The molecule has 4 aromatic rings. The largest absolute Gasteiger partial charge is 0.506 e. The third-order valence-electron chi connectivity index (χ3n) is 4.53. The molecule has 4 nitrogen and oxygen atoms in total. The summed E-state index contributed by atoms with van der Waals surface area (Å²) >= 11 is 0. The molecule has 26 heavy (non-hydrogen) atoms. The summed E-state index contributed by atoms with van der Waals surface area (Å²) in [5, 5.41) is 43.3. The minimum atomic E-state index is -0.207. The smallest absolute Gasteiger partial charge is 0.141 e. The summed E-state index contributed by atoms with van der Waals surface area (Å²) in [6.45, 7) is 0. The molecule has 0 heterocycles. The van der Waals surface area contributed by atoms with Crippen molar-refractivity contribution in [2.45, 2.75) is 0 Å². The SMILES string of the molecule is N#Cc1cc2ccccc2c(-c2c(O)c(C#N)cc3ccccc23)c1O. The number of benzene rings is 4. The van der Waals surface area contributed by atoms with Crippen LogP contribution >= 0.6 is 0 Å². The molecule has 0 amide bonds. The fourth-order valence-corrected chi connectivity index (χ4v) is 3.35. The molecule has 2 N–H and O–H groups in total. The molecule has 4 heteroatoms. The third kappa shape index (κ3) is 2.14. The van der Waals surface area contributed by atoms with E-state index in [1.807, 2.05) is 60.7 Å². The maximum atomic E-state index is 10.8. The van der Waals surface area contributed by atoms with Crippen LogP contribution in [0.15, 0.2) is 60.7 Å². The molecule has 0 bridgehead atoms. The molecule has 0 aromatic heterocycles. The van der Waals surface area contributed by atoms with E-state index < -0.39 is 0 Å². The fourth-order valence-electron chi connectivity index (χ4n) is 3.35. The van der Waals surface area contributed by atoms with Gasteiger partial charge in [-0.1, -0.05) is 48.5 Å². The van der Waals surface area contributed by atoms with Crippen LogP contribution in [0, 0.1) is 22.7 Å². The Morgan fingerprint density at radius 2 is 1.00 bits per heavy atom. The van der Waals surface area contributed by atoms with Crippen molar-refractivity contribution in [1.29, 1.82) is 10.5 Å². The average Bonchev–Trinajstić information content (AvgIpc) is 2.68. The molecular formula is C22H12N2O2. The average molecular weight is 336 g/mol. The van der Waals surface area contributed by atoms with Gasteiger partial charge in [-0.05, 0) is 33.7 Å². The lowest BCUT2D eigenvalue weighted by Crippen LogP contribution is -1.91. The second-order valence-electron chi connectivity index (χ2n) is 5.96. The van der Waals surface area contributed by atoms with Crippen molar-refractivity contribution < 1.29 is 10.2 Å². The third-order valence-corrected chi connectivity index (χ3v) is 4.53. The standard InChI is InChI=1S/C22H12N2O2/c23-11-15-9-13-5-1-3-7-17(13)19(21(15)25)20-18-8-4-2-6-14(18)10-16(12-24)22(20)26/h1-10,25-26H. The summed E-state index contributed by atoms with van der Waals surface area (Å²) in [4.78, 5) is 0. The molecule has 0 fully saturated rings. The lowest BCUT2D eigenvalue weighted by atomic mass is 9.89. The highest BCUT2D eigenvalue weighted by atomic mass is 16.3. The van der Waals surface area contributed by atoms with E-state index in [0.717, 1.165) is 10.8 Å². The Kier molecular flexibility index (Phi) is 3.46. The summed E-state index contributed by atoms with van der Waals surface area (Å²) in [6, 6.07) is 21.9. The Morgan fingerprint density at radius 3 is 1.38 bits per heavy atom. The number of fused-ring (bicyclic) bond motifs is 2. The molecule has 4 rings (SSSR count). The Hall–Kier alpha value is -4.02. The Morgan fingerprint density at radius 1 is 0.615 bits per heavy atom. The van der Waals surface area contributed by atoms with Gasteiger partial charge in [0.2, 0.25) is 0 Å². The molecule has 0 radical (unpaired) electrons. The predicted octanol–water partition coefficient (Wildman–Crippen LogP) is 4.81. The van der Waals surface area contributed by atoms with E-state index in [0.29, 0.717) is 21.9 Å². The molecule has 0 saturated carbocycles. The van der Waals surface area contributed by atoms with Crippen molar-refractivity contribution in [3.63, 3.8) is 0 Å². The minimum Gasteiger partial charge on any atom is -0.506 e. The minimum absolute atomic E-state index is 0.115. The number of hydrogen-bond donors (Lipinski definition) is 2. The number of aromatic hydroxyl groups is 2. The van der Waals surface area contributed by atoms with Crippen LogP contribution in [-0.4, -0.2) is 10.2 Å². The van der Waals surface area contributed by atoms with Crippen LogP contribution in [0.2, 0.25) is 0 Å². The van der Waals surface area contributed by atoms with Gasteiger partial charge in [0.1, 0.15) is 23.6 Å². The second-order valence-corrected chi connectivity index (χ2v) is 5.96. The number of phenols is 2.